The molecule has 0 saturated heterocycles. The van der Waals surface area contributed by atoms with Crippen LogP contribution in [0, 0.1) is 0 Å². The fraction of sp³-hybridized carbons (Fsp3) is 0.562. The molecule has 0 spiro atoms. The molecule has 0 amide bonds. The summed E-state index contributed by atoms with van der Waals surface area (Å²) >= 11 is 0. The number of hydrogen-bond donors (Lipinski definition) is 3. The lowest BCUT2D eigenvalue weighted by molar-refractivity contribution is -0.274. The van der Waals surface area contributed by atoms with Crippen LogP contribution in [-0.4, -0.2) is 36.1 Å². The second-order valence-corrected chi connectivity index (χ2v) is 5.78. The van der Waals surface area contributed by atoms with E-state index in [1.165, 1.54) is 18.2 Å². The lowest BCUT2D eigenvalue weighted by Crippen LogP contribution is -2.50. The molecule has 0 aromatic heterocycles. The molecular weight excluding hydrogens is 323 g/mol. The zero-order valence-corrected chi connectivity index (χ0v) is 13.5. The van der Waals surface area contributed by atoms with Gasteiger partial charge in [0.15, 0.2) is 5.96 Å². The molecule has 0 aliphatic heterocycles. The summed E-state index contributed by atoms with van der Waals surface area (Å²) in [5.41, 5.74) is -0.387. The Labute approximate surface area is 138 Å². The topological polar surface area (TPSA) is 65.9 Å². The van der Waals surface area contributed by atoms with Crippen LogP contribution >= 0.6 is 0 Å². The van der Waals surface area contributed by atoms with Gasteiger partial charge in [0, 0.05) is 18.7 Å². The first-order valence-corrected chi connectivity index (χ1v) is 7.89. The predicted molar refractivity (Wildman–Crippen MR) is 84.7 cm³/mol. The van der Waals surface area contributed by atoms with Crippen molar-refractivity contribution in [1.82, 2.24) is 10.6 Å². The summed E-state index contributed by atoms with van der Waals surface area (Å²) in [5.74, 6) is 0.182. The van der Waals surface area contributed by atoms with E-state index in [9.17, 15) is 18.3 Å². The minimum absolute atomic E-state index is 0.0278. The highest BCUT2D eigenvalue weighted by molar-refractivity contribution is 5.79. The van der Waals surface area contributed by atoms with Crippen molar-refractivity contribution in [2.24, 2.45) is 4.99 Å². The fourth-order valence-electron chi connectivity index (χ4n) is 2.37. The van der Waals surface area contributed by atoms with E-state index in [2.05, 4.69) is 20.4 Å². The van der Waals surface area contributed by atoms with E-state index in [1.54, 1.807) is 6.07 Å². The standard InChI is InChI=1S/C16H22F3N3O2/c1-2-20-14(22-11-15(23)8-5-9-15)21-10-12-6-3-4-7-13(12)24-16(17,18)19/h3-4,6-7,23H,2,5,8-11H2,1H3,(H2,20,21,22). The summed E-state index contributed by atoms with van der Waals surface area (Å²) in [6, 6.07) is 5.90. The molecule has 8 heteroatoms. The lowest BCUT2D eigenvalue weighted by atomic mass is 9.80. The van der Waals surface area contributed by atoms with Gasteiger partial charge in [-0.05, 0) is 32.3 Å². The van der Waals surface area contributed by atoms with Gasteiger partial charge in [-0.1, -0.05) is 18.2 Å². The largest absolute Gasteiger partial charge is 0.573 e. The zero-order chi connectivity index (χ0) is 17.6. The molecule has 24 heavy (non-hydrogen) atoms. The second kappa shape index (κ2) is 7.74. The van der Waals surface area contributed by atoms with Gasteiger partial charge in [0.1, 0.15) is 5.75 Å². The Kier molecular flexibility index (Phi) is 5.93. The van der Waals surface area contributed by atoms with Gasteiger partial charge in [0.25, 0.3) is 0 Å². The monoisotopic (exact) mass is 345 g/mol. The van der Waals surface area contributed by atoms with Gasteiger partial charge in [-0.3, -0.25) is 0 Å². The third-order valence-corrected chi connectivity index (χ3v) is 3.82. The highest BCUT2D eigenvalue weighted by Crippen LogP contribution is 2.30. The summed E-state index contributed by atoms with van der Waals surface area (Å²) < 4.78 is 41.3. The van der Waals surface area contributed by atoms with Crippen molar-refractivity contribution in [3.05, 3.63) is 29.8 Å². The molecule has 1 aromatic carbocycles. The number of rotatable bonds is 6. The first-order valence-electron chi connectivity index (χ1n) is 7.89. The molecule has 1 fully saturated rings. The van der Waals surface area contributed by atoms with Crippen LogP contribution in [0.3, 0.4) is 0 Å². The molecule has 134 valence electrons. The van der Waals surface area contributed by atoms with E-state index in [4.69, 9.17) is 0 Å². The summed E-state index contributed by atoms with van der Waals surface area (Å²) in [7, 11) is 0. The number of nitrogens with zero attached hydrogens (tertiary/aromatic N) is 1. The minimum atomic E-state index is -4.74. The van der Waals surface area contributed by atoms with Gasteiger partial charge in [0.2, 0.25) is 0 Å². The number of aliphatic hydroxyl groups is 1. The highest BCUT2D eigenvalue weighted by atomic mass is 19.4. The van der Waals surface area contributed by atoms with Crippen LogP contribution in [-0.2, 0) is 6.54 Å². The Hall–Kier alpha value is -1.96. The van der Waals surface area contributed by atoms with Crippen LogP contribution < -0.4 is 15.4 Å². The fourth-order valence-corrected chi connectivity index (χ4v) is 2.37. The number of benzene rings is 1. The Morgan fingerprint density at radius 2 is 2.00 bits per heavy atom. The van der Waals surface area contributed by atoms with Crippen LogP contribution in [0.4, 0.5) is 13.2 Å². The smallest absolute Gasteiger partial charge is 0.405 e. The second-order valence-electron chi connectivity index (χ2n) is 5.78. The van der Waals surface area contributed by atoms with E-state index in [-0.39, 0.29) is 12.3 Å². The van der Waals surface area contributed by atoms with Gasteiger partial charge in [-0.15, -0.1) is 13.2 Å². The third-order valence-electron chi connectivity index (χ3n) is 3.82. The molecule has 2 rings (SSSR count). The maximum atomic E-state index is 12.4. The molecular formula is C16H22F3N3O2. The Morgan fingerprint density at radius 1 is 1.29 bits per heavy atom. The van der Waals surface area contributed by atoms with Crippen molar-refractivity contribution < 1.29 is 23.0 Å². The van der Waals surface area contributed by atoms with Crippen molar-refractivity contribution in [2.75, 3.05) is 13.1 Å². The molecule has 0 bridgehead atoms. The van der Waals surface area contributed by atoms with Crippen molar-refractivity contribution in [2.45, 2.75) is 44.7 Å². The van der Waals surface area contributed by atoms with E-state index >= 15 is 0 Å². The van der Waals surface area contributed by atoms with Gasteiger partial charge in [-0.25, -0.2) is 4.99 Å². The lowest BCUT2D eigenvalue weighted by Gasteiger charge is -2.37. The van der Waals surface area contributed by atoms with Crippen LogP contribution in [0.2, 0.25) is 0 Å². The van der Waals surface area contributed by atoms with Crippen LogP contribution in [0.25, 0.3) is 0 Å². The Balaban J connectivity index is 2.02. The molecule has 0 atom stereocenters. The Bertz CT molecular complexity index is 572. The molecule has 1 saturated carbocycles. The van der Waals surface area contributed by atoms with Crippen molar-refractivity contribution >= 4 is 5.96 Å². The van der Waals surface area contributed by atoms with E-state index < -0.39 is 12.0 Å². The SMILES string of the molecule is CCNC(=NCc1ccccc1OC(F)(F)F)NCC1(O)CCC1. The number of ether oxygens (including phenoxy) is 1. The number of aliphatic imine (C=N–C) groups is 1. The number of alkyl halides is 3. The number of guanidine groups is 1. The van der Waals surface area contributed by atoms with Crippen molar-refractivity contribution in [3.63, 3.8) is 0 Å². The molecule has 0 heterocycles. The van der Waals surface area contributed by atoms with E-state index in [0.29, 0.717) is 24.6 Å². The zero-order valence-electron chi connectivity index (χ0n) is 13.5. The molecule has 0 radical (unpaired) electrons. The summed E-state index contributed by atoms with van der Waals surface area (Å²) in [4.78, 5) is 4.27. The van der Waals surface area contributed by atoms with Gasteiger partial charge >= 0.3 is 6.36 Å². The molecule has 5 nitrogen and oxygen atoms in total. The molecule has 1 aromatic rings. The predicted octanol–water partition coefficient (Wildman–Crippen LogP) is 2.56. The summed E-state index contributed by atoms with van der Waals surface area (Å²) in [6.45, 7) is 2.88. The average molecular weight is 345 g/mol. The van der Waals surface area contributed by atoms with Crippen molar-refractivity contribution in [1.29, 1.82) is 0 Å². The maximum Gasteiger partial charge on any atom is 0.573 e. The summed E-state index contributed by atoms with van der Waals surface area (Å²) in [6.07, 6.45) is -2.27. The molecule has 1 aliphatic rings. The van der Waals surface area contributed by atoms with Crippen molar-refractivity contribution in [3.8, 4) is 5.75 Å². The third kappa shape index (κ3) is 5.59. The van der Waals surface area contributed by atoms with Gasteiger partial charge in [-0.2, -0.15) is 0 Å². The normalized spacial score (nSPS) is 17.1. The number of halogens is 3. The Morgan fingerprint density at radius 3 is 2.58 bits per heavy atom. The maximum absolute atomic E-state index is 12.4. The summed E-state index contributed by atoms with van der Waals surface area (Å²) in [5, 5.41) is 16.1. The molecule has 0 unspecified atom stereocenters. The van der Waals surface area contributed by atoms with E-state index in [0.717, 1.165) is 19.3 Å². The quantitative estimate of drug-likeness (QED) is 0.548. The number of nitrogens with one attached hydrogen (secondary N) is 2. The van der Waals surface area contributed by atoms with Crippen LogP contribution in [0.1, 0.15) is 31.7 Å². The highest BCUT2D eigenvalue weighted by Gasteiger charge is 2.34. The van der Waals surface area contributed by atoms with Crippen LogP contribution in [0.15, 0.2) is 29.3 Å². The average Bonchev–Trinajstić information content (AvgIpc) is 2.48. The first kappa shape index (κ1) is 18.4. The van der Waals surface area contributed by atoms with Gasteiger partial charge < -0.3 is 20.5 Å². The van der Waals surface area contributed by atoms with E-state index in [1.807, 2.05) is 6.92 Å². The number of hydrogen-bond acceptors (Lipinski definition) is 3. The molecule has 1 aliphatic carbocycles. The molecule has 3 N–H and O–H groups in total. The van der Waals surface area contributed by atoms with Crippen LogP contribution in [0.5, 0.6) is 5.75 Å². The number of para-hydroxylation sites is 1. The first-order chi connectivity index (χ1) is 11.3. The van der Waals surface area contributed by atoms with Gasteiger partial charge in [0.05, 0.1) is 12.1 Å². The minimum Gasteiger partial charge on any atom is -0.405 e.